The van der Waals surface area contributed by atoms with E-state index in [-0.39, 0.29) is 11.8 Å². The van der Waals surface area contributed by atoms with Crippen molar-refractivity contribution in [3.63, 3.8) is 0 Å². The molecule has 0 saturated heterocycles. The molecule has 2 heterocycles. The van der Waals surface area contributed by atoms with Gasteiger partial charge in [0.1, 0.15) is 11.2 Å². The summed E-state index contributed by atoms with van der Waals surface area (Å²) in [5.74, 6) is 0.458. The van der Waals surface area contributed by atoms with Crippen LogP contribution in [0.5, 0.6) is 0 Å². The Bertz CT molecular complexity index is 7330. The molecule has 0 N–H and O–H groups in total. The lowest BCUT2D eigenvalue weighted by Gasteiger charge is -2.35. The minimum Gasteiger partial charge on any atom is -0.454 e. The molecule has 130 heavy (non-hydrogen) atoms. The molecular formula is C124H100N2O2Si2. The fraction of sp³-hybridized carbons (Fsp3) is 0.0968. The van der Waals surface area contributed by atoms with Crippen LogP contribution in [0.2, 0.25) is 0 Å². The number of nitrogens with zero attached hydrogens (tertiary/aromatic N) is 2. The van der Waals surface area contributed by atoms with Crippen molar-refractivity contribution in [2.75, 3.05) is 9.80 Å². The third kappa shape index (κ3) is 13.6. The van der Waals surface area contributed by atoms with Crippen LogP contribution in [0.3, 0.4) is 0 Å². The Morgan fingerprint density at radius 3 is 0.762 bits per heavy atom. The normalized spacial score (nSPS) is 12.1. The standard InChI is InChI=1S/C124H100N2O2Si2/c1-79(2)111-77-113(89-45-53-91(54-46-89)125(117-29-19-25-109-103-23-13-17-31-119(103)127-123(109)117)115-27-15-11-21-101(115)87-49-69-99(70-50-87)129(93-57-33-81(5)34-58-93,94-59-35-82(6)36-60-94)95-61-37-83(7)38-62-95)107-76-74-106-112(80(3)4)78-114(108-75-73-105(111)121(107)122(106)108)90-47-55-92(56-48-90)126(118-30-20-26-110-104-24-14-18-32-120(104)128-124(110)118)116-28-16-12-22-102(116)88-51-71-100(72-52-88)130(96-63-39-84(8)40-64-96,97-65-41-85(9)42-66-97)98-67-43-86(10)44-68-98/h11-80H,1-10H3. The quantitative estimate of drug-likeness (QED) is 0.0433. The van der Waals surface area contributed by atoms with Crippen LogP contribution in [0.1, 0.15) is 84.0 Å². The zero-order chi connectivity index (χ0) is 88.2. The lowest BCUT2D eigenvalue weighted by atomic mass is 9.81. The number of furan rings is 2. The van der Waals surface area contributed by atoms with Gasteiger partial charge in [-0.3, -0.25) is 0 Å². The largest absolute Gasteiger partial charge is 0.454 e. The summed E-state index contributed by atoms with van der Waals surface area (Å²) in [4.78, 5) is 4.86. The molecule has 0 fully saturated rings. The molecule has 0 bridgehead atoms. The first-order valence-electron chi connectivity index (χ1n) is 45.8. The van der Waals surface area contributed by atoms with E-state index in [0.29, 0.717) is 0 Å². The first-order chi connectivity index (χ1) is 63.5. The smallest absolute Gasteiger partial charge is 0.179 e. The van der Waals surface area contributed by atoms with Crippen molar-refractivity contribution in [1.82, 2.24) is 0 Å². The molecule has 4 nitrogen and oxygen atoms in total. The second kappa shape index (κ2) is 32.7. The second-order valence-corrected chi connectivity index (χ2v) is 44.2. The molecule has 626 valence electrons. The van der Waals surface area contributed by atoms with Gasteiger partial charge in [-0.05, 0) is 244 Å². The lowest BCUT2D eigenvalue weighted by Crippen LogP contribution is -2.74. The van der Waals surface area contributed by atoms with Crippen LogP contribution < -0.4 is 51.3 Å². The van der Waals surface area contributed by atoms with E-state index in [1.807, 2.05) is 0 Å². The molecule has 20 aromatic carbocycles. The summed E-state index contributed by atoms with van der Waals surface area (Å²) in [5.41, 5.74) is 28.8. The predicted octanol–water partition coefficient (Wildman–Crippen LogP) is 28.8. The van der Waals surface area contributed by atoms with Crippen LogP contribution in [-0.2, 0) is 0 Å². The molecule has 0 atom stereocenters. The fourth-order valence-electron chi connectivity index (χ4n) is 21.1. The first-order valence-corrected chi connectivity index (χ1v) is 49.8. The van der Waals surface area contributed by atoms with Crippen molar-refractivity contribution in [2.45, 2.75) is 81.1 Å². The molecule has 22 aromatic rings. The van der Waals surface area contributed by atoms with Crippen molar-refractivity contribution in [2.24, 2.45) is 0 Å². The molecular weight excluding hydrogens is 1610 g/mol. The van der Waals surface area contributed by atoms with E-state index in [4.69, 9.17) is 8.83 Å². The Morgan fingerprint density at radius 1 is 0.208 bits per heavy atom. The maximum absolute atomic E-state index is 7.04. The molecule has 2 aromatic heterocycles. The third-order valence-electron chi connectivity index (χ3n) is 27.8. The zero-order valence-electron chi connectivity index (χ0n) is 75.1. The summed E-state index contributed by atoms with van der Waals surface area (Å²) in [7, 11) is -5.75. The highest BCUT2D eigenvalue weighted by atomic mass is 28.3. The van der Waals surface area contributed by atoms with Crippen LogP contribution in [0.4, 0.5) is 34.1 Å². The van der Waals surface area contributed by atoms with E-state index in [9.17, 15) is 0 Å². The Kier molecular flexibility index (Phi) is 20.4. The van der Waals surface area contributed by atoms with Gasteiger partial charge in [-0.1, -0.05) is 401 Å². The van der Waals surface area contributed by atoms with Gasteiger partial charge in [0.05, 0.1) is 22.7 Å². The molecule has 0 aliphatic rings. The van der Waals surface area contributed by atoms with E-state index in [1.165, 1.54) is 129 Å². The second-order valence-electron chi connectivity index (χ2n) is 36.6. The Labute approximate surface area is 763 Å². The number of rotatable bonds is 20. The number of anilines is 6. The fourth-order valence-corrected chi connectivity index (χ4v) is 30.5. The molecule has 6 heteroatoms. The molecule has 0 aliphatic carbocycles. The van der Waals surface area contributed by atoms with Gasteiger partial charge >= 0.3 is 0 Å². The SMILES string of the molecule is Cc1ccc([Si](c2ccc(C)cc2)(c2ccc(C)cc2)c2ccc(-c3ccccc3N(c3ccc(-c4cc(C(C)C)c5ccc6c(-c7ccc(N(c8ccccc8-c8ccc([Si](c9ccc(C)cc9)(c9ccc(C)cc9)c9ccc(C)cc9)cc8)c8cccc9c8oc8ccccc89)cc7)cc(C(C)C)c7ccc4c5c67)cc3)c3cccc4c3oc3ccccc34)cc2)cc1. The summed E-state index contributed by atoms with van der Waals surface area (Å²) in [6, 6.07) is 157. The summed E-state index contributed by atoms with van der Waals surface area (Å²) in [6.45, 7) is 22.5. The van der Waals surface area contributed by atoms with Gasteiger partial charge in [-0.2, -0.15) is 0 Å². The topological polar surface area (TPSA) is 32.8 Å². The summed E-state index contributed by atoms with van der Waals surface area (Å²) < 4.78 is 14.1. The van der Waals surface area contributed by atoms with Crippen LogP contribution in [-0.4, -0.2) is 16.1 Å². The molecule has 0 amide bonds. The molecule has 0 saturated carbocycles. The van der Waals surface area contributed by atoms with Gasteiger partial charge in [-0.25, -0.2) is 0 Å². The van der Waals surface area contributed by atoms with Crippen LogP contribution in [0, 0.1) is 41.5 Å². The van der Waals surface area contributed by atoms with Crippen LogP contribution >= 0.6 is 0 Å². The average Bonchev–Trinajstić information content (AvgIpc) is 0.765. The summed E-state index contributed by atoms with van der Waals surface area (Å²) in [5, 5.41) is 22.8. The van der Waals surface area contributed by atoms with Crippen LogP contribution in [0.15, 0.2) is 421 Å². The maximum Gasteiger partial charge on any atom is 0.179 e. The van der Waals surface area contributed by atoms with Crippen molar-refractivity contribution in [3.8, 4) is 44.5 Å². The van der Waals surface area contributed by atoms with Crippen molar-refractivity contribution in [1.29, 1.82) is 0 Å². The van der Waals surface area contributed by atoms with Crippen LogP contribution in [0.25, 0.3) is 121 Å². The van der Waals surface area contributed by atoms with Crippen molar-refractivity contribution in [3.05, 3.63) is 457 Å². The molecule has 0 aliphatic heterocycles. The first kappa shape index (κ1) is 80.9. The van der Waals surface area contributed by atoms with Gasteiger partial charge in [0.15, 0.2) is 27.3 Å². The number of fused-ring (bicyclic) bond motifs is 6. The van der Waals surface area contributed by atoms with Gasteiger partial charge < -0.3 is 18.6 Å². The Hall–Kier alpha value is -14.9. The number of benzene rings is 20. The highest BCUT2D eigenvalue weighted by Gasteiger charge is 2.44. The van der Waals surface area contributed by atoms with Crippen molar-refractivity contribution < 1.29 is 8.83 Å². The minimum atomic E-state index is -2.88. The number of para-hydroxylation sites is 6. The average molecular weight is 1710 g/mol. The van der Waals surface area contributed by atoms with E-state index >= 15 is 0 Å². The van der Waals surface area contributed by atoms with E-state index < -0.39 is 16.1 Å². The number of hydrogen-bond donors (Lipinski definition) is 0. The maximum atomic E-state index is 7.04. The number of hydrogen-bond acceptors (Lipinski definition) is 4. The van der Waals surface area contributed by atoms with E-state index in [2.05, 4.69) is 492 Å². The predicted molar refractivity (Wildman–Crippen MR) is 560 cm³/mol. The summed E-state index contributed by atoms with van der Waals surface area (Å²) in [6.07, 6.45) is 0. The molecule has 0 spiro atoms. The highest BCUT2D eigenvalue weighted by Crippen LogP contribution is 2.52. The highest BCUT2D eigenvalue weighted by molar-refractivity contribution is 7.20. The third-order valence-corrected chi connectivity index (χ3v) is 37.4. The zero-order valence-corrected chi connectivity index (χ0v) is 77.1. The van der Waals surface area contributed by atoms with E-state index in [0.717, 1.165) is 111 Å². The van der Waals surface area contributed by atoms with Gasteiger partial charge in [0.2, 0.25) is 0 Å². The summed E-state index contributed by atoms with van der Waals surface area (Å²) >= 11 is 0. The molecule has 0 unspecified atom stereocenters. The molecule has 0 radical (unpaired) electrons. The minimum absolute atomic E-state index is 0.229. The van der Waals surface area contributed by atoms with Gasteiger partial charge in [0.25, 0.3) is 0 Å². The van der Waals surface area contributed by atoms with Gasteiger partial charge in [-0.15, -0.1) is 0 Å². The van der Waals surface area contributed by atoms with Gasteiger partial charge in [0, 0.05) is 44.0 Å². The Balaban J connectivity index is 0.665. The molecule has 22 rings (SSSR count). The number of aryl methyl sites for hydroxylation is 6. The van der Waals surface area contributed by atoms with E-state index in [1.54, 1.807) is 0 Å². The van der Waals surface area contributed by atoms with Crippen molar-refractivity contribution >= 4 is 168 Å². The monoisotopic (exact) mass is 1700 g/mol. The lowest BCUT2D eigenvalue weighted by molar-refractivity contribution is 0.668. The Morgan fingerprint density at radius 2 is 0.454 bits per heavy atom.